The molecule has 2 saturated carbocycles. The van der Waals surface area contributed by atoms with Crippen molar-refractivity contribution in [1.82, 2.24) is 4.90 Å². The zero-order valence-corrected chi connectivity index (χ0v) is 27.1. The fourth-order valence-electron chi connectivity index (χ4n) is 8.52. The van der Waals surface area contributed by atoms with Gasteiger partial charge in [-0.2, -0.15) is 30.7 Å². The quantitative estimate of drug-likeness (QED) is 0.158. The molecule has 6 atom stereocenters. The average Bonchev–Trinajstić information content (AvgIpc) is 3.32. The third kappa shape index (κ3) is 6.92. The van der Waals surface area contributed by atoms with E-state index < -0.39 is 30.5 Å². The van der Waals surface area contributed by atoms with Gasteiger partial charge in [-0.25, -0.2) is 0 Å². The largest absolute Gasteiger partial charge is 0.508 e. The molecule has 0 aliphatic heterocycles. The van der Waals surface area contributed by atoms with Crippen LogP contribution >= 0.6 is 0 Å². The summed E-state index contributed by atoms with van der Waals surface area (Å²) in [5.41, 5.74) is 4.39. The monoisotopic (exact) mass is 681 g/mol. The van der Waals surface area contributed by atoms with Crippen LogP contribution in [-0.4, -0.2) is 58.7 Å². The predicted molar refractivity (Wildman–Crippen MR) is 167 cm³/mol. The van der Waals surface area contributed by atoms with E-state index in [2.05, 4.69) is 37.0 Å². The summed E-state index contributed by atoms with van der Waals surface area (Å²) in [5.74, 6) is -4.70. The third-order valence-electron chi connectivity index (χ3n) is 11.1. The van der Waals surface area contributed by atoms with E-state index in [-0.39, 0.29) is 40.9 Å². The van der Waals surface area contributed by atoms with Crippen molar-refractivity contribution in [3.63, 3.8) is 0 Å². The normalized spacial score (nSPS) is 26.9. The summed E-state index contributed by atoms with van der Waals surface area (Å²) in [5, 5.41) is 21.2. The van der Waals surface area contributed by atoms with Crippen molar-refractivity contribution in [2.45, 2.75) is 107 Å². The summed E-state index contributed by atoms with van der Waals surface area (Å²) in [6.07, 6.45) is -0.475. The number of nitrogens with zero attached hydrogens (tertiary/aromatic N) is 1. The van der Waals surface area contributed by atoms with E-state index in [0.29, 0.717) is 37.0 Å². The van der Waals surface area contributed by atoms with Crippen LogP contribution < -0.4 is 0 Å². The molecule has 0 heterocycles. The van der Waals surface area contributed by atoms with Crippen LogP contribution in [0.5, 0.6) is 5.75 Å². The molecule has 3 unspecified atom stereocenters. The highest BCUT2D eigenvalue weighted by Crippen LogP contribution is 2.65. The Hall–Kier alpha value is -3.26. The van der Waals surface area contributed by atoms with E-state index in [4.69, 9.17) is 0 Å². The molecular weight excluding hydrogens is 639 g/mol. The lowest BCUT2D eigenvalue weighted by molar-refractivity contribution is -0.355. The van der Waals surface area contributed by atoms with Gasteiger partial charge >= 0.3 is 18.0 Å². The summed E-state index contributed by atoms with van der Waals surface area (Å²) < 4.78 is 90.5. The number of aliphatic hydroxyl groups excluding tert-OH is 1. The SMILES string of the molecule is CN(CC(F)(F)C(F)(F)C(F)(F)F)C(=O)CCCCCC#Cc1ccc([C@H]2C[C@@]3(C)C(CC[C@@H]3O)C3CCc4cc(O)ccc4C32)cc1. The van der Waals surface area contributed by atoms with Crippen molar-refractivity contribution in [3.8, 4) is 17.6 Å². The van der Waals surface area contributed by atoms with Crippen LogP contribution in [0.3, 0.4) is 0 Å². The number of carbonyl (C=O) groups is 1. The first-order valence-corrected chi connectivity index (χ1v) is 16.6. The molecule has 0 saturated heterocycles. The molecular formula is C37H42F7NO3. The van der Waals surface area contributed by atoms with E-state index in [9.17, 15) is 45.7 Å². The number of alkyl halides is 7. The van der Waals surface area contributed by atoms with Crippen LogP contribution in [0.25, 0.3) is 0 Å². The fraction of sp³-hybridized carbons (Fsp3) is 0.595. The minimum absolute atomic E-state index is 0.147. The molecule has 0 aromatic heterocycles. The van der Waals surface area contributed by atoms with Crippen molar-refractivity contribution < 1.29 is 45.7 Å². The van der Waals surface area contributed by atoms with Gasteiger partial charge in [0.15, 0.2) is 0 Å². The molecule has 48 heavy (non-hydrogen) atoms. The molecule has 3 aliphatic carbocycles. The molecule has 11 heteroatoms. The zero-order valence-electron chi connectivity index (χ0n) is 27.1. The molecule has 0 bridgehead atoms. The molecule has 2 aromatic rings. The van der Waals surface area contributed by atoms with Crippen LogP contribution in [0.2, 0.25) is 0 Å². The standard InChI is InChI=1S/C37H42F7NO3/c1-34-21-29(33-27-17-15-26(46)20-25(27)14-16-28(33)30(34)18-19-31(34)47)24-12-10-23(11-13-24)8-6-4-3-5-7-9-32(48)45(2)22-35(38,39)36(40,41)37(42,43)44/h10-13,15,17,20,28-31,33,46-47H,3-5,7,9,14,16,18-19,21-22H2,1-2H3/t28?,29-,30?,31+,33?,34+/m1/s1. The van der Waals surface area contributed by atoms with Crippen LogP contribution in [0.4, 0.5) is 30.7 Å². The second-order valence-electron chi connectivity index (χ2n) is 14.1. The van der Waals surface area contributed by atoms with Crippen molar-refractivity contribution in [3.05, 3.63) is 64.7 Å². The number of amides is 1. The number of benzene rings is 2. The lowest BCUT2D eigenvalue weighted by atomic mass is 9.51. The fourth-order valence-corrected chi connectivity index (χ4v) is 8.52. The summed E-state index contributed by atoms with van der Waals surface area (Å²) in [4.78, 5) is 12.3. The number of fused-ring (bicyclic) bond motifs is 5. The second-order valence-corrected chi connectivity index (χ2v) is 14.1. The molecule has 3 aliphatic rings. The van der Waals surface area contributed by atoms with E-state index in [0.717, 1.165) is 44.7 Å². The number of hydrogen-bond donors (Lipinski definition) is 2. The molecule has 262 valence electrons. The Bertz CT molecular complexity index is 1530. The van der Waals surface area contributed by atoms with Gasteiger partial charge in [-0.1, -0.05) is 43.4 Å². The first-order valence-electron chi connectivity index (χ1n) is 16.6. The van der Waals surface area contributed by atoms with Crippen LogP contribution in [0.1, 0.15) is 98.8 Å². The van der Waals surface area contributed by atoms with Gasteiger partial charge in [-0.05, 0) is 115 Å². The van der Waals surface area contributed by atoms with Gasteiger partial charge < -0.3 is 15.1 Å². The maximum atomic E-state index is 13.6. The maximum absolute atomic E-state index is 13.6. The molecule has 2 fully saturated rings. The first-order chi connectivity index (χ1) is 22.5. The molecule has 1 amide bonds. The van der Waals surface area contributed by atoms with Gasteiger partial charge in [0.1, 0.15) is 5.75 Å². The number of rotatable bonds is 9. The lowest BCUT2D eigenvalue weighted by Crippen LogP contribution is -2.57. The molecule has 0 radical (unpaired) electrons. The number of unbranched alkanes of at least 4 members (excludes halogenated alkanes) is 3. The highest BCUT2D eigenvalue weighted by molar-refractivity contribution is 5.75. The van der Waals surface area contributed by atoms with E-state index in [1.165, 1.54) is 16.7 Å². The summed E-state index contributed by atoms with van der Waals surface area (Å²) in [7, 11) is 0.779. The number of halogens is 7. The highest BCUT2D eigenvalue weighted by Gasteiger charge is 2.73. The smallest absolute Gasteiger partial charge is 0.459 e. The average molecular weight is 682 g/mol. The van der Waals surface area contributed by atoms with Gasteiger partial charge in [0.2, 0.25) is 5.91 Å². The molecule has 2 N–H and O–H groups in total. The van der Waals surface area contributed by atoms with Crippen molar-refractivity contribution in [1.29, 1.82) is 0 Å². The Morgan fingerprint density at radius 1 is 0.979 bits per heavy atom. The molecule has 5 rings (SSSR count). The third-order valence-corrected chi connectivity index (χ3v) is 11.1. The number of carbonyl (C=O) groups excluding carboxylic acids is 1. The van der Waals surface area contributed by atoms with Crippen molar-refractivity contribution in [2.24, 2.45) is 17.3 Å². The predicted octanol–water partition coefficient (Wildman–Crippen LogP) is 8.60. The number of phenolic OH excluding ortho intramolecular Hbond substituents is 1. The Kier molecular flexibility index (Phi) is 10.2. The Morgan fingerprint density at radius 3 is 2.38 bits per heavy atom. The Morgan fingerprint density at radius 2 is 1.69 bits per heavy atom. The zero-order chi connectivity index (χ0) is 35.1. The van der Waals surface area contributed by atoms with Gasteiger partial charge in [-0.3, -0.25) is 4.79 Å². The molecule has 2 aromatic carbocycles. The van der Waals surface area contributed by atoms with Crippen molar-refractivity contribution >= 4 is 5.91 Å². The number of aromatic hydroxyl groups is 1. The second kappa shape index (κ2) is 13.6. The van der Waals surface area contributed by atoms with Crippen LogP contribution in [0, 0.1) is 29.1 Å². The minimum Gasteiger partial charge on any atom is -0.508 e. The van der Waals surface area contributed by atoms with Crippen LogP contribution in [-0.2, 0) is 11.2 Å². The van der Waals surface area contributed by atoms with E-state index in [1.54, 1.807) is 6.07 Å². The molecule has 4 nitrogen and oxygen atoms in total. The summed E-state index contributed by atoms with van der Waals surface area (Å²) in [6.45, 7) is 0.210. The van der Waals surface area contributed by atoms with Gasteiger partial charge in [-0.15, -0.1) is 0 Å². The Balaban J connectivity index is 1.15. The topological polar surface area (TPSA) is 60.8 Å². The summed E-state index contributed by atoms with van der Waals surface area (Å²) >= 11 is 0. The number of aryl methyl sites for hydroxylation is 1. The van der Waals surface area contributed by atoms with E-state index >= 15 is 0 Å². The van der Waals surface area contributed by atoms with Crippen LogP contribution in [0.15, 0.2) is 42.5 Å². The Labute approximate surface area is 276 Å². The van der Waals surface area contributed by atoms with Gasteiger partial charge in [0.25, 0.3) is 0 Å². The molecule has 0 spiro atoms. The van der Waals surface area contributed by atoms with E-state index in [1.807, 2.05) is 18.2 Å². The highest BCUT2D eigenvalue weighted by atomic mass is 19.4. The number of aliphatic hydroxyl groups is 1. The minimum atomic E-state index is -6.43. The number of hydrogen-bond acceptors (Lipinski definition) is 3. The first kappa shape index (κ1) is 36.0. The number of phenols is 1. The lowest BCUT2D eigenvalue weighted by Gasteiger charge is -2.54. The maximum Gasteiger partial charge on any atom is 0.459 e. The summed E-state index contributed by atoms with van der Waals surface area (Å²) in [6, 6.07) is 14.0. The van der Waals surface area contributed by atoms with Gasteiger partial charge in [0, 0.05) is 25.5 Å². The van der Waals surface area contributed by atoms with Gasteiger partial charge in [0.05, 0.1) is 12.6 Å². The van der Waals surface area contributed by atoms with Crippen molar-refractivity contribution in [2.75, 3.05) is 13.6 Å².